The van der Waals surface area contributed by atoms with Crippen LogP contribution >= 0.6 is 0 Å². The van der Waals surface area contributed by atoms with E-state index in [1.807, 2.05) is 6.92 Å². The first kappa shape index (κ1) is 15.1. The van der Waals surface area contributed by atoms with E-state index < -0.39 is 5.97 Å². The van der Waals surface area contributed by atoms with E-state index in [2.05, 4.69) is 0 Å². The molecule has 0 aliphatic heterocycles. The van der Waals surface area contributed by atoms with Crippen molar-refractivity contribution in [3.63, 3.8) is 0 Å². The number of likely N-dealkylation sites (N-methyl/N-ethyl adjacent to an activating group) is 1. The molecule has 0 radical (unpaired) electrons. The molecule has 1 N–H and O–H groups in total. The molecular weight excluding hydrogens is 249 g/mol. The Morgan fingerprint density at radius 1 is 1.42 bits per heavy atom. The Bertz CT molecular complexity index is 462. The lowest BCUT2D eigenvalue weighted by atomic mass is 9.97. The van der Waals surface area contributed by atoms with Crippen molar-refractivity contribution in [2.45, 2.75) is 26.2 Å². The van der Waals surface area contributed by atoms with Crippen LogP contribution in [0.3, 0.4) is 0 Å². The third kappa shape index (κ3) is 4.69. The lowest BCUT2D eigenvalue weighted by Gasteiger charge is -2.21. The summed E-state index contributed by atoms with van der Waals surface area (Å²) in [7, 11) is 0. The number of benzene rings is 1. The normalized spacial score (nSPS) is 11.9. The molecule has 1 aromatic carbocycles. The zero-order valence-corrected chi connectivity index (χ0v) is 11.1. The van der Waals surface area contributed by atoms with E-state index in [1.54, 1.807) is 19.1 Å². The molecule has 1 amide bonds. The van der Waals surface area contributed by atoms with Gasteiger partial charge in [0.05, 0.1) is 0 Å². The summed E-state index contributed by atoms with van der Waals surface area (Å²) < 4.78 is 13.1. The third-order valence-corrected chi connectivity index (χ3v) is 2.96. The number of carboxylic acids is 1. The van der Waals surface area contributed by atoms with Gasteiger partial charge in [-0.2, -0.15) is 0 Å². The molecule has 0 aromatic heterocycles. The number of carbonyl (C=O) groups is 2. The first-order chi connectivity index (χ1) is 8.93. The Labute approximate surface area is 111 Å². The maximum atomic E-state index is 13.1. The lowest BCUT2D eigenvalue weighted by Crippen LogP contribution is -2.35. The largest absolute Gasteiger partial charge is 0.480 e. The number of aliphatic carboxylic acids is 1. The van der Waals surface area contributed by atoms with Crippen molar-refractivity contribution in [3.8, 4) is 0 Å². The Morgan fingerprint density at radius 2 is 2.11 bits per heavy atom. The fourth-order valence-electron chi connectivity index (χ4n) is 1.86. The second-order valence-electron chi connectivity index (χ2n) is 4.46. The minimum absolute atomic E-state index is 0.147. The average molecular weight is 267 g/mol. The molecule has 1 rings (SSSR count). The predicted octanol–water partition coefficient (Wildman–Crippen LogP) is 2.25. The maximum absolute atomic E-state index is 13.1. The predicted molar refractivity (Wildman–Crippen MR) is 69.3 cm³/mol. The molecule has 0 saturated carbocycles. The summed E-state index contributed by atoms with van der Waals surface area (Å²) in [5.74, 6) is -1.75. The van der Waals surface area contributed by atoms with Gasteiger partial charge < -0.3 is 10.0 Å². The Balaban J connectivity index is 2.67. The van der Waals surface area contributed by atoms with Gasteiger partial charge in [0.1, 0.15) is 12.4 Å². The number of halogens is 1. The summed E-state index contributed by atoms with van der Waals surface area (Å²) in [6.45, 7) is 3.60. The van der Waals surface area contributed by atoms with Crippen LogP contribution < -0.4 is 0 Å². The van der Waals surface area contributed by atoms with Crippen LogP contribution in [0.1, 0.15) is 31.7 Å². The molecule has 0 bridgehead atoms. The second-order valence-corrected chi connectivity index (χ2v) is 4.46. The van der Waals surface area contributed by atoms with Crippen molar-refractivity contribution >= 4 is 11.9 Å². The average Bonchev–Trinajstić information content (AvgIpc) is 2.35. The molecule has 5 heteroatoms. The van der Waals surface area contributed by atoms with Crippen LogP contribution in [-0.2, 0) is 9.59 Å². The van der Waals surface area contributed by atoms with Crippen molar-refractivity contribution in [3.05, 3.63) is 35.6 Å². The van der Waals surface area contributed by atoms with Gasteiger partial charge in [0, 0.05) is 13.0 Å². The number of carboxylic acid groups (broad SMARTS) is 1. The van der Waals surface area contributed by atoms with Gasteiger partial charge in [0.25, 0.3) is 0 Å². The van der Waals surface area contributed by atoms with Crippen molar-refractivity contribution < 1.29 is 19.1 Å². The van der Waals surface area contributed by atoms with Crippen molar-refractivity contribution in [1.82, 2.24) is 4.90 Å². The van der Waals surface area contributed by atoms with Crippen molar-refractivity contribution in [2.75, 3.05) is 13.1 Å². The van der Waals surface area contributed by atoms with E-state index in [0.29, 0.717) is 6.54 Å². The molecule has 0 spiro atoms. The number of nitrogens with zero attached hydrogens (tertiary/aromatic N) is 1. The van der Waals surface area contributed by atoms with Gasteiger partial charge in [-0.15, -0.1) is 0 Å². The van der Waals surface area contributed by atoms with Gasteiger partial charge >= 0.3 is 5.97 Å². The smallest absolute Gasteiger partial charge is 0.323 e. The minimum atomic E-state index is -1.03. The molecule has 0 fully saturated rings. The van der Waals surface area contributed by atoms with Crippen molar-refractivity contribution in [2.24, 2.45) is 0 Å². The fraction of sp³-hybridized carbons (Fsp3) is 0.429. The van der Waals surface area contributed by atoms with Gasteiger partial charge in [-0.25, -0.2) is 4.39 Å². The topological polar surface area (TPSA) is 57.6 Å². The van der Waals surface area contributed by atoms with Crippen LogP contribution in [0.2, 0.25) is 0 Å². The Morgan fingerprint density at radius 3 is 2.63 bits per heavy atom. The molecule has 0 saturated heterocycles. The summed E-state index contributed by atoms with van der Waals surface area (Å²) >= 11 is 0. The molecule has 1 atom stereocenters. The molecule has 1 aromatic rings. The van der Waals surface area contributed by atoms with Crippen molar-refractivity contribution in [1.29, 1.82) is 0 Å². The number of rotatable bonds is 6. The zero-order chi connectivity index (χ0) is 14.4. The summed E-state index contributed by atoms with van der Waals surface area (Å²) in [5.41, 5.74) is 0.736. The minimum Gasteiger partial charge on any atom is -0.480 e. The number of hydrogen-bond acceptors (Lipinski definition) is 2. The highest BCUT2D eigenvalue weighted by Gasteiger charge is 2.18. The molecule has 4 nitrogen and oxygen atoms in total. The molecule has 0 aliphatic rings. The van der Waals surface area contributed by atoms with E-state index >= 15 is 0 Å². The van der Waals surface area contributed by atoms with Crippen LogP contribution in [0.5, 0.6) is 0 Å². The molecule has 1 unspecified atom stereocenters. The van der Waals surface area contributed by atoms with Gasteiger partial charge in [0.15, 0.2) is 0 Å². The maximum Gasteiger partial charge on any atom is 0.323 e. The van der Waals surface area contributed by atoms with Crippen LogP contribution in [-0.4, -0.2) is 35.0 Å². The summed E-state index contributed by atoms with van der Waals surface area (Å²) in [5, 5.41) is 8.71. The quantitative estimate of drug-likeness (QED) is 0.860. The number of amides is 1. The first-order valence-corrected chi connectivity index (χ1v) is 6.19. The standard InChI is InChI=1S/C14H18FNO3/c1-3-16(9-14(18)19)13(17)7-10(2)11-5-4-6-12(15)8-11/h4-6,8,10H,3,7,9H2,1-2H3,(H,18,19). The zero-order valence-electron chi connectivity index (χ0n) is 11.1. The highest BCUT2D eigenvalue weighted by atomic mass is 19.1. The molecular formula is C14H18FNO3. The first-order valence-electron chi connectivity index (χ1n) is 6.19. The number of hydrogen-bond donors (Lipinski definition) is 1. The van der Waals surface area contributed by atoms with Gasteiger partial charge in [-0.1, -0.05) is 19.1 Å². The van der Waals surface area contributed by atoms with Crippen LogP contribution in [0, 0.1) is 5.82 Å². The van der Waals surface area contributed by atoms with E-state index in [9.17, 15) is 14.0 Å². The Hall–Kier alpha value is -1.91. The summed E-state index contributed by atoms with van der Waals surface area (Å²) in [6, 6.07) is 6.10. The summed E-state index contributed by atoms with van der Waals surface area (Å²) in [6.07, 6.45) is 0.171. The molecule has 0 aliphatic carbocycles. The van der Waals surface area contributed by atoms with E-state index in [0.717, 1.165) is 5.56 Å². The van der Waals surface area contributed by atoms with E-state index in [1.165, 1.54) is 17.0 Å². The van der Waals surface area contributed by atoms with Gasteiger partial charge in [-0.05, 0) is 30.5 Å². The highest BCUT2D eigenvalue weighted by molar-refractivity contribution is 5.81. The van der Waals surface area contributed by atoms with Gasteiger partial charge in [-0.3, -0.25) is 9.59 Å². The Kier molecular flexibility index (Phi) is 5.48. The SMILES string of the molecule is CCN(CC(=O)O)C(=O)CC(C)c1cccc(F)c1. The van der Waals surface area contributed by atoms with E-state index in [-0.39, 0.29) is 30.6 Å². The van der Waals surface area contributed by atoms with Gasteiger partial charge in [0.2, 0.25) is 5.91 Å². The van der Waals surface area contributed by atoms with Crippen LogP contribution in [0.25, 0.3) is 0 Å². The fourth-order valence-corrected chi connectivity index (χ4v) is 1.86. The van der Waals surface area contributed by atoms with E-state index in [4.69, 9.17) is 5.11 Å². The molecule has 104 valence electrons. The highest BCUT2D eigenvalue weighted by Crippen LogP contribution is 2.20. The summed E-state index contributed by atoms with van der Waals surface area (Å²) in [4.78, 5) is 23.9. The van der Waals surface area contributed by atoms with Crippen LogP contribution in [0.15, 0.2) is 24.3 Å². The monoisotopic (exact) mass is 267 g/mol. The van der Waals surface area contributed by atoms with Crippen LogP contribution in [0.4, 0.5) is 4.39 Å². The lowest BCUT2D eigenvalue weighted by molar-refractivity contribution is -0.144. The molecule has 19 heavy (non-hydrogen) atoms. The third-order valence-electron chi connectivity index (χ3n) is 2.96. The number of carbonyl (C=O) groups excluding carboxylic acids is 1. The second kappa shape index (κ2) is 6.87. The molecule has 0 heterocycles.